The highest BCUT2D eigenvalue weighted by molar-refractivity contribution is 7.89. The third-order valence-electron chi connectivity index (χ3n) is 4.89. The molecule has 1 heterocycles. The minimum Gasteiger partial charge on any atom is -0.379 e. The van der Waals surface area contributed by atoms with Crippen LogP contribution in [0, 0.1) is 11.6 Å². The molecule has 1 aliphatic heterocycles. The van der Waals surface area contributed by atoms with Gasteiger partial charge in [0, 0.05) is 24.3 Å². The Kier molecular flexibility index (Phi) is 6.02. The normalized spacial score (nSPS) is 15.9. The van der Waals surface area contributed by atoms with E-state index in [0.29, 0.717) is 0 Å². The van der Waals surface area contributed by atoms with E-state index in [2.05, 4.69) is 5.32 Å². The van der Waals surface area contributed by atoms with Gasteiger partial charge in [-0.25, -0.2) is 17.2 Å². The third kappa shape index (κ3) is 4.31. The van der Waals surface area contributed by atoms with Gasteiger partial charge in [-0.1, -0.05) is 18.2 Å². The van der Waals surface area contributed by atoms with Gasteiger partial charge < -0.3 is 10.1 Å². The summed E-state index contributed by atoms with van der Waals surface area (Å²) < 4.78 is 60.3. The van der Waals surface area contributed by atoms with Gasteiger partial charge in [0.25, 0.3) is 0 Å². The van der Waals surface area contributed by atoms with Crippen molar-refractivity contribution in [3.05, 3.63) is 59.7 Å². The van der Waals surface area contributed by atoms with Crippen molar-refractivity contribution in [3.63, 3.8) is 0 Å². The molecule has 1 saturated heterocycles. The predicted octanol–water partition coefficient (Wildman–Crippen LogP) is 2.90. The standard InChI is InChI=1S/C20H22F2N2O4S/c1-20(2,15-5-3-4-6-16(15)21)19(25)23-14-7-8-17(22)18(13-14)29(26,27)24-9-11-28-12-10-24/h3-8,13H,9-12H2,1-2H3,(H,23,25). The Morgan fingerprint density at radius 1 is 1.07 bits per heavy atom. The van der Waals surface area contributed by atoms with Gasteiger partial charge in [-0.2, -0.15) is 4.31 Å². The van der Waals surface area contributed by atoms with Crippen LogP contribution in [0.15, 0.2) is 47.4 Å². The van der Waals surface area contributed by atoms with Gasteiger partial charge in [0.05, 0.1) is 18.6 Å². The Hall–Kier alpha value is -2.36. The van der Waals surface area contributed by atoms with Gasteiger partial charge in [0.2, 0.25) is 15.9 Å². The first-order valence-electron chi connectivity index (χ1n) is 9.08. The van der Waals surface area contributed by atoms with Crippen molar-refractivity contribution in [1.29, 1.82) is 0 Å². The highest BCUT2D eigenvalue weighted by atomic mass is 32.2. The Morgan fingerprint density at radius 2 is 1.72 bits per heavy atom. The van der Waals surface area contributed by atoms with Crippen LogP contribution in [-0.4, -0.2) is 44.9 Å². The number of benzene rings is 2. The first-order chi connectivity index (χ1) is 13.6. The van der Waals surface area contributed by atoms with E-state index in [0.717, 1.165) is 16.4 Å². The SMILES string of the molecule is CC(C)(C(=O)Nc1ccc(F)c(S(=O)(=O)N2CCOCC2)c1)c1ccccc1F. The maximum Gasteiger partial charge on any atom is 0.246 e. The van der Waals surface area contributed by atoms with E-state index in [-0.39, 0.29) is 37.6 Å². The fourth-order valence-corrected chi connectivity index (χ4v) is 4.58. The zero-order chi connectivity index (χ0) is 21.2. The van der Waals surface area contributed by atoms with E-state index >= 15 is 0 Å². The average Bonchev–Trinajstić information content (AvgIpc) is 2.70. The first-order valence-corrected chi connectivity index (χ1v) is 10.5. The number of sulfonamides is 1. The molecule has 2 aromatic rings. The molecular formula is C20H22F2N2O4S. The number of hydrogen-bond acceptors (Lipinski definition) is 4. The Labute approximate surface area is 168 Å². The molecule has 29 heavy (non-hydrogen) atoms. The molecule has 0 bridgehead atoms. The molecule has 6 nitrogen and oxygen atoms in total. The van der Waals surface area contributed by atoms with E-state index in [1.165, 1.54) is 24.3 Å². The maximum absolute atomic E-state index is 14.3. The van der Waals surface area contributed by atoms with Gasteiger partial charge in [0.1, 0.15) is 16.5 Å². The van der Waals surface area contributed by atoms with Gasteiger partial charge in [-0.15, -0.1) is 0 Å². The summed E-state index contributed by atoms with van der Waals surface area (Å²) >= 11 is 0. The van der Waals surface area contributed by atoms with Gasteiger partial charge in [0.15, 0.2) is 0 Å². The van der Waals surface area contributed by atoms with Crippen molar-refractivity contribution in [2.45, 2.75) is 24.2 Å². The van der Waals surface area contributed by atoms with Gasteiger partial charge >= 0.3 is 0 Å². The zero-order valence-electron chi connectivity index (χ0n) is 16.1. The number of nitrogens with one attached hydrogen (secondary N) is 1. The molecule has 0 unspecified atom stereocenters. The number of nitrogens with zero attached hydrogens (tertiary/aromatic N) is 1. The van der Waals surface area contributed by atoms with E-state index in [4.69, 9.17) is 4.74 Å². The zero-order valence-corrected chi connectivity index (χ0v) is 16.9. The van der Waals surface area contributed by atoms with E-state index in [1.807, 2.05) is 0 Å². The Bertz CT molecular complexity index is 1020. The first kappa shape index (κ1) is 21.4. The van der Waals surface area contributed by atoms with Crippen molar-refractivity contribution < 1.29 is 26.7 Å². The van der Waals surface area contributed by atoms with E-state index < -0.39 is 37.9 Å². The highest BCUT2D eigenvalue weighted by Gasteiger charge is 2.33. The topological polar surface area (TPSA) is 75.7 Å². The van der Waals surface area contributed by atoms with Crippen molar-refractivity contribution in [3.8, 4) is 0 Å². The monoisotopic (exact) mass is 424 g/mol. The summed E-state index contributed by atoms with van der Waals surface area (Å²) in [6, 6.07) is 9.24. The second-order valence-electron chi connectivity index (χ2n) is 7.22. The molecule has 1 N–H and O–H groups in total. The molecule has 1 fully saturated rings. The second-order valence-corrected chi connectivity index (χ2v) is 9.13. The fraction of sp³-hybridized carbons (Fsp3) is 0.350. The van der Waals surface area contributed by atoms with Crippen LogP contribution in [0.1, 0.15) is 19.4 Å². The molecule has 156 valence electrons. The number of carbonyl (C=O) groups excluding carboxylic acids is 1. The quantitative estimate of drug-likeness (QED) is 0.801. The summed E-state index contributed by atoms with van der Waals surface area (Å²) in [4.78, 5) is 12.3. The number of rotatable bonds is 5. The predicted molar refractivity (Wildman–Crippen MR) is 104 cm³/mol. The average molecular weight is 424 g/mol. The smallest absolute Gasteiger partial charge is 0.246 e. The number of anilines is 1. The second kappa shape index (κ2) is 8.17. The lowest BCUT2D eigenvalue weighted by molar-refractivity contribution is -0.120. The summed E-state index contributed by atoms with van der Waals surface area (Å²) in [7, 11) is -4.08. The third-order valence-corrected chi connectivity index (χ3v) is 6.81. The van der Waals surface area contributed by atoms with Crippen LogP contribution in [0.5, 0.6) is 0 Å². The lowest BCUT2D eigenvalue weighted by Gasteiger charge is -2.27. The van der Waals surface area contributed by atoms with Crippen LogP contribution in [0.4, 0.5) is 14.5 Å². The molecule has 0 aromatic heterocycles. The number of hydrogen-bond donors (Lipinski definition) is 1. The summed E-state index contributed by atoms with van der Waals surface area (Å²) in [5, 5.41) is 2.57. The molecule has 9 heteroatoms. The molecule has 1 amide bonds. The van der Waals surface area contributed by atoms with E-state index in [9.17, 15) is 22.0 Å². The molecule has 0 atom stereocenters. The molecule has 0 saturated carbocycles. The molecule has 3 rings (SSSR count). The lowest BCUT2D eigenvalue weighted by atomic mass is 9.83. The van der Waals surface area contributed by atoms with Crippen LogP contribution in [0.25, 0.3) is 0 Å². The van der Waals surface area contributed by atoms with Crippen molar-refractivity contribution in [1.82, 2.24) is 4.31 Å². The molecule has 0 aliphatic carbocycles. The minimum atomic E-state index is -4.08. The van der Waals surface area contributed by atoms with E-state index in [1.54, 1.807) is 19.9 Å². The minimum absolute atomic E-state index is 0.104. The van der Waals surface area contributed by atoms with Crippen LogP contribution < -0.4 is 5.32 Å². The van der Waals surface area contributed by atoms with Gasteiger partial charge in [-0.3, -0.25) is 4.79 Å². The molecular weight excluding hydrogens is 402 g/mol. The lowest BCUT2D eigenvalue weighted by Crippen LogP contribution is -2.41. The Morgan fingerprint density at radius 3 is 2.38 bits per heavy atom. The van der Waals surface area contributed by atoms with Gasteiger partial charge in [-0.05, 0) is 38.1 Å². The number of halogens is 2. The summed E-state index contributed by atoms with van der Waals surface area (Å²) in [6.45, 7) is 3.81. The molecule has 0 radical (unpaired) electrons. The summed E-state index contributed by atoms with van der Waals surface area (Å²) in [6.07, 6.45) is 0. The largest absolute Gasteiger partial charge is 0.379 e. The molecule has 2 aromatic carbocycles. The molecule has 1 aliphatic rings. The summed E-state index contributed by atoms with van der Waals surface area (Å²) in [5.74, 6) is -1.99. The highest BCUT2D eigenvalue weighted by Crippen LogP contribution is 2.29. The number of ether oxygens (including phenoxy) is 1. The van der Waals surface area contributed by atoms with Crippen LogP contribution in [0.3, 0.4) is 0 Å². The van der Waals surface area contributed by atoms with Crippen molar-refractivity contribution in [2.75, 3.05) is 31.6 Å². The Balaban J connectivity index is 1.88. The van der Waals surface area contributed by atoms with Crippen LogP contribution >= 0.6 is 0 Å². The van der Waals surface area contributed by atoms with Crippen LogP contribution in [0.2, 0.25) is 0 Å². The fourth-order valence-electron chi connectivity index (χ4n) is 3.08. The number of amides is 1. The molecule has 0 spiro atoms. The van der Waals surface area contributed by atoms with Crippen molar-refractivity contribution in [2.24, 2.45) is 0 Å². The van der Waals surface area contributed by atoms with Crippen molar-refractivity contribution >= 4 is 21.6 Å². The maximum atomic E-state index is 14.3. The summed E-state index contributed by atoms with van der Waals surface area (Å²) in [5.41, 5.74) is -0.934. The number of morpholine rings is 1. The number of carbonyl (C=O) groups is 1. The van der Waals surface area contributed by atoms with Crippen LogP contribution in [-0.2, 0) is 25.0 Å².